The van der Waals surface area contributed by atoms with E-state index in [2.05, 4.69) is 0 Å². The van der Waals surface area contributed by atoms with Crippen molar-refractivity contribution >= 4 is 17.8 Å². The van der Waals surface area contributed by atoms with Gasteiger partial charge in [0.2, 0.25) is 11.8 Å². The first-order chi connectivity index (χ1) is 9.90. The Bertz CT molecular complexity index is 431. The van der Waals surface area contributed by atoms with Crippen molar-refractivity contribution in [3.63, 3.8) is 0 Å². The number of carbonyl (C=O) groups is 3. The van der Waals surface area contributed by atoms with Crippen LogP contribution in [-0.4, -0.2) is 58.9 Å². The number of likely N-dealkylation sites (tertiary alicyclic amines) is 1. The zero-order valence-corrected chi connectivity index (χ0v) is 12.7. The van der Waals surface area contributed by atoms with Gasteiger partial charge >= 0.3 is 5.97 Å². The maximum Gasteiger partial charge on any atom is 0.308 e. The fourth-order valence-corrected chi connectivity index (χ4v) is 3.36. The minimum absolute atomic E-state index is 0.0694. The first kappa shape index (κ1) is 15.8. The Kier molecular flexibility index (Phi) is 4.85. The summed E-state index contributed by atoms with van der Waals surface area (Å²) in [5.41, 5.74) is 0. The molecule has 2 aliphatic rings. The van der Waals surface area contributed by atoms with Gasteiger partial charge in [-0.1, -0.05) is 19.8 Å². The molecule has 6 nitrogen and oxygen atoms in total. The van der Waals surface area contributed by atoms with Gasteiger partial charge < -0.3 is 14.9 Å². The van der Waals surface area contributed by atoms with Gasteiger partial charge in [-0.15, -0.1) is 0 Å². The van der Waals surface area contributed by atoms with Crippen molar-refractivity contribution in [1.82, 2.24) is 9.80 Å². The molecule has 2 atom stereocenters. The highest BCUT2D eigenvalue weighted by atomic mass is 16.4. The zero-order valence-electron chi connectivity index (χ0n) is 12.7. The standard InChI is InChI=1S/C15H24N2O4/c1-10(15(20)21)8-16(2)14(19)11-7-13(18)17(9-11)12-5-3-4-6-12/h10-12H,3-9H2,1-2H3,(H,20,21)/t10-,11-/m1/s1. The first-order valence-electron chi connectivity index (χ1n) is 7.67. The van der Waals surface area contributed by atoms with Crippen LogP contribution in [0, 0.1) is 11.8 Å². The molecule has 0 radical (unpaired) electrons. The topological polar surface area (TPSA) is 77.9 Å². The molecule has 118 valence electrons. The van der Waals surface area contributed by atoms with Crippen LogP contribution in [0.4, 0.5) is 0 Å². The van der Waals surface area contributed by atoms with Gasteiger partial charge in [-0.05, 0) is 12.8 Å². The highest BCUT2D eigenvalue weighted by molar-refractivity contribution is 5.89. The molecule has 0 aromatic heterocycles. The van der Waals surface area contributed by atoms with Crippen molar-refractivity contribution in [2.24, 2.45) is 11.8 Å². The summed E-state index contributed by atoms with van der Waals surface area (Å²) in [5.74, 6) is -1.87. The van der Waals surface area contributed by atoms with Crippen molar-refractivity contribution in [2.45, 2.75) is 45.1 Å². The average molecular weight is 296 g/mol. The quantitative estimate of drug-likeness (QED) is 0.819. The molecule has 0 aromatic rings. The Morgan fingerprint density at radius 2 is 2.00 bits per heavy atom. The summed E-state index contributed by atoms with van der Waals surface area (Å²) in [6.45, 7) is 2.26. The number of carbonyl (C=O) groups excluding carboxylic acids is 2. The van der Waals surface area contributed by atoms with E-state index >= 15 is 0 Å². The van der Waals surface area contributed by atoms with Crippen LogP contribution in [0.1, 0.15) is 39.0 Å². The van der Waals surface area contributed by atoms with E-state index < -0.39 is 11.9 Å². The Balaban J connectivity index is 1.91. The Morgan fingerprint density at radius 3 is 2.57 bits per heavy atom. The monoisotopic (exact) mass is 296 g/mol. The highest BCUT2D eigenvalue weighted by Gasteiger charge is 2.39. The van der Waals surface area contributed by atoms with Crippen molar-refractivity contribution in [2.75, 3.05) is 20.1 Å². The Hall–Kier alpha value is -1.59. The van der Waals surface area contributed by atoms with Gasteiger partial charge in [0.05, 0.1) is 11.8 Å². The van der Waals surface area contributed by atoms with Crippen LogP contribution in [0.25, 0.3) is 0 Å². The number of aliphatic carboxylic acids is 1. The minimum atomic E-state index is -0.912. The molecule has 0 unspecified atom stereocenters. The first-order valence-corrected chi connectivity index (χ1v) is 7.67. The predicted molar refractivity (Wildman–Crippen MR) is 76.5 cm³/mol. The van der Waals surface area contributed by atoms with Crippen molar-refractivity contribution < 1.29 is 19.5 Å². The molecular formula is C15H24N2O4. The largest absolute Gasteiger partial charge is 0.481 e. The molecule has 1 saturated carbocycles. The van der Waals surface area contributed by atoms with E-state index in [9.17, 15) is 14.4 Å². The second kappa shape index (κ2) is 6.45. The lowest BCUT2D eigenvalue weighted by atomic mass is 10.1. The second-order valence-corrected chi connectivity index (χ2v) is 6.34. The summed E-state index contributed by atoms with van der Waals surface area (Å²) in [4.78, 5) is 38.6. The third-order valence-corrected chi connectivity index (χ3v) is 4.62. The van der Waals surface area contributed by atoms with Crippen LogP contribution in [0.2, 0.25) is 0 Å². The molecule has 1 aliphatic carbocycles. The van der Waals surface area contributed by atoms with Crippen LogP contribution >= 0.6 is 0 Å². The van der Waals surface area contributed by atoms with E-state index in [4.69, 9.17) is 5.11 Å². The molecule has 0 bridgehead atoms. The van der Waals surface area contributed by atoms with Gasteiger partial charge in [0.1, 0.15) is 0 Å². The summed E-state index contributed by atoms with van der Waals surface area (Å²) in [7, 11) is 1.62. The van der Waals surface area contributed by atoms with Gasteiger partial charge in [0.15, 0.2) is 0 Å². The van der Waals surface area contributed by atoms with Gasteiger partial charge in [-0.3, -0.25) is 14.4 Å². The summed E-state index contributed by atoms with van der Waals surface area (Å²) >= 11 is 0. The number of carboxylic acids is 1. The molecule has 2 rings (SSSR count). The van der Waals surface area contributed by atoms with E-state index in [1.165, 1.54) is 4.90 Å². The lowest BCUT2D eigenvalue weighted by Crippen LogP contribution is -2.39. The smallest absolute Gasteiger partial charge is 0.308 e. The van der Waals surface area contributed by atoms with Crippen LogP contribution < -0.4 is 0 Å². The normalized spacial score (nSPS) is 24.4. The Labute approximate surface area is 125 Å². The molecule has 0 spiro atoms. The summed E-state index contributed by atoms with van der Waals surface area (Å²) in [6.07, 6.45) is 4.66. The fourth-order valence-electron chi connectivity index (χ4n) is 3.36. The number of carboxylic acid groups (broad SMARTS) is 1. The molecule has 2 fully saturated rings. The van der Waals surface area contributed by atoms with E-state index in [0.29, 0.717) is 12.6 Å². The molecule has 6 heteroatoms. The number of hydrogen-bond donors (Lipinski definition) is 1. The molecule has 21 heavy (non-hydrogen) atoms. The molecule has 1 saturated heterocycles. The molecule has 2 amide bonds. The number of amides is 2. The zero-order chi connectivity index (χ0) is 15.6. The number of rotatable bonds is 5. The number of hydrogen-bond acceptors (Lipinski definition) is 3. The van der Waals surface area contributed by atoms with Gasteiger partial charge in [-0.2, -0.15) is 0 Å². The van der Waals surface area contributed by atoms with E-state index in [0.717, 1.165) is 25.7 Å². The molecule has 1 aliphatic heterocycles. The van der Waals surface area contributed by atoms with Gasteiger partial charge in [0.25, 0.3) is 0 Å². The Morgan fingerprint density at radius 1 is 1.38 bits per heavy atom. The summed E-state index contributed by atoms with van der Waals surface area (Å²) in [5, 5.41) is 8.91. The lowest BCUT2D eigenvalue weighted by molar-refractivity contribution is -0.143. The molecule has 1 N–H and O–H groups in total. The van der Waals surface area contributed by atoms with Crippen LogP contribution in [0.15, 0.2) is 0 Å². The fraction of sp³-hybridized carbons (Fsp3) is 0.800. The third kappa shape index (κ3) is 3.54. The van der Waals surface area contributed by atoms with Crippen molar-refractivity contribution in [3.05, 3.63) is 0 Å². The molecule has 1 heterocycles. The van der Waals surface area contributed by atoms with Crippen LogP contribution in [0.3, 0.4) is 0 Å². The predicted octanol–water partition coefficient (Wildman–Crippen LogP) is 0.957. The van der Waals surface area contributed by atoms with Gasteiger partial charge in [-0.25, -0.2) is 0 Å². The third-order valence-electron chi connectivity index (χ3n) is 4.62. The summed E-state index contributed by atoms with van der Waals surface area (Å²) < 4.78 is 0. The van der Waals surface area contributed by atoms with E-state index in [1.54, 1.807) is 14.0 Å². The van der Waals surface area contributed by atoms with Crippen LogP contribution in [0.5, 0.6) is 0 Å². The van der Waals surface area contributed by atoms with E-state index in [-0.39, 0.29) is 30.7 Å². The second-order valence-electron chi connectivity index (χ2n) is 6.34. The molecule has 0 aromatic carbocycles. The number of nitrogens with zero attached hydrogens (tertiary/aromatic N) is 2. The minimum Gasteiger partial charge on any atom is -0.481 e. The lowest BCUT2D eigenvalue weighted by Gasteiger charge is -2.25. The van der Waals surface area contributed by atoms with Crippen molar-refractivity contribution in [1.29, 1.82) is 0 Å². The van der Waals surface area contributed by atoms with Crippen molar-refractivity contribution in [3.8, 4) is 0 Å². The highest BCUT2D eigenvalue weighted by Crippen LogP contribution is 2.30. The van der Waals surface area contributed by atoms with Gasteiger partial charge in [0, 0.05) is 32.6 Å². The molecular weight excluding hydrogens is 272 g/mol. The SMILES string of the molecule is C[C@H](CN(C)C(=O)[C@@H]1CC(=O)N(C2CCCC2)C1)C(=O)O. The average Bonchev–Trinajstić information content (AvgIpc) is 3.06. The van der Waals surface area contributed by atoms with Crippen LogP contribution in [-0.2, 0) is 14.4 Å². The van der Waals surface area contributed by atoms with E-state index in [1.807, 2.05) is 4.90 Å². The maximum absolute atomic E-state index is 12.4. The maximum atomic E-state index is 12.4. The summed E-state index contributed by atoms with van der Waals surface area (Å²) in [6, 6.07) is 0.304.